The average molecular weight is 821 g/mol. The summed E-state index contributed by atoms with van der Waals surface area (Å²) in [6.45, 7) is 8.72. The van der Waals surface area contributed by atoms with Gasteiger partial charge in [0.2, 0.25) is 0 Å². The Morgan fingerprint density at radius 2 is 1.02 bits per heavy atom. The molecule has 0 atom stereocenters. The van der Waals surface area contributed by atoms with Gasteiger partial charge in [-0.3, -0.25) is 0 Å². The molecule has 4 aromatic carbocycles. The quantitative estimate of drug-likeness (QED) is 0.0885. The standard InChI is InChI=1S/C24H23N3O4.C23H21N3O4/c1-15(2)31-21-12-9-17(30-14-16-7-5-4-6-8-16)13-18(21)22-25-19-10-11-20(24(28)29-3)26-23(19)27-22;1-14(2)30-20-11-8-16(29-13-15-6-4-3-5-7-15)12-17(20)21-24-18-9-10-19(23(27)28)25-22(18)26-21/h4-13,15H,14H2,1-3H3,(H,25,26,27);3-12,14H,13H2,1-2H3,(H,27,28)(H,24,25,26). The van der Waals surface area contributed by atoms with Crippen molar-refractivity contribution < 1.29 is 38.4 Å². The van der Waals surface area contributed by atoms with Gasteiger partial charge in [-0.15, -0.1) is 0 Å². The van der Waals surface area contributed by atoms with Crippen LogP contribution in [0.1, 0.15) is 59.8 Å². The van der Waals surface area contributed by atoms with Crippen LogP contribution in [0.3, 0.4) is 0 Å². The maximum Gasteiger partial charge on any atom is 0.356 e. The molecule has 0 aliphatic carbocycles. The van der Waals surface area contributed by atoms with Crippen LogP contribution in [0.2, 0.25) is 0 Å². The molecule has 4 heterocycles. The molecule has 0 fully saturated rings. The number of carbonyl (C=O) groups is 2. The number of rotatable bonds is 14. The van der Waals surface area contributed by atoms with Crippen LogP contribution in [-0.2, 0) is 18.0 Å². The van der Waals surface area contributed by atoms with Crippen molar-refractivity contribution in [1.82, 2.24) is 29.9 Å². The number of hydrogen-bond acceptors (Lipinski definition) is 11. The van der Waals surface area contributed by atoms with Gasteiger partial charge in [-0.25, -0.2) is 29.5 Å². The van der Waals surface area contributed by atoms with Crippen molar-refractivity contribution in [2.75, 3.05) is 7.11 Å². The maximum atomic E-state index is 11.8. The summed E-state index contributed by atoms with van der Waals surface area (Å²) in [6.07, 6.45) is -0.0378. The molecule has 3 N–H and O–H groups in total. The Labute approximate surface area is 351 Å². The summed E-state index contributed by atoms with van der Waals surface area (Å²) in [7, 11) is 1.32. The van der Waals surface area contributed by atoms with Gasteiger partial charge >= 0.3 is 11.9 Å². The predicted molar refractivity (Wildman–Crippen MR) is 230 cm³/mol. The van der Waals surface area contributed by atoms with Crippen molar-refractivity contribution in [3.05, 3.63) is 144 Å². The third kappa shape index (κ3) is 10.5. The Balaban J connectivity index is 0.000000184. The number of aromatic nitrogens is 6. The minimum Gasteiger partial charge on any atom is -0.490 e. The molecule has 8 rings (SSSR count). The second kappa shape index (κ2) is 18.9. The number of carbonyl (C=O) groups excluding carboxylic acids is 1. The van der Waals surface area contributed by atoms with E-state index in [2.05, 4.69) is 29.9 Å². The lowest BCUT2D eigenvalue weighted by Gasteiger charge is -2.15. The Morgan fingerprint density at radius 3 is 1.44 bits per heavy atom. The van der Waals surface area contributed by atoms with E-state index in [0.717, 1.165) is 16.7 Å². The number of H-pyrrole nitrogens is 2. The van der Waals surface area contributed by atoms with Crippen LogP contribution in [0, 0.1) is 0 Å². The number of nitrogens with one attached hydrogen (secondary N) is 2. The van der Waals surface area contributed by atoms with Crippen molar-refractivity contribution in [3.63, 3.8) is 0 Å². The lowest BCUT2D eigenvalue weighted by Crippen LogP contribution is -2.07. The number of aromatic carboxylic acids is 1. The Hall–Kier alpha value is -7.74. The smallest absolute Gasteiger partial charge is 0.356 e. The monoisotopic (exact) mass is 820 g/mol. The van der Waals surface area contributed by atoms with Gasteiger partial charge in [-0.1, -0.05) is 60.7 Å². The zero-order valence-corrected chi connectivity index (χ0v) is 34.2. The number of nitrogens with zero attached hydrogens (tertiary/aromatic N) is 4. The Morgan fingerprint density at radius 1 is 0.574 bits per heavy atom. The molecule has 0 amide bonds. The number of aromatic amines is 2. The van der Waals surface area contributed by atoms with Gasteiger partial charge < -0.3 is 38.8 Å². The summed E-state index contributed by atoms with van der Waals surface area (Å²) in [5.41, 5.74) is 5.84. The molecule has 0 saturated carbocycles. The van der Waals surface area contributed by atoms with Gasteiger partial charge in [0.05, 0.1) is 41.5 Å². The fourth-order valence-corrected chi connectivity index (χ4v) is 6.14. The molecule has 4 aromatic heterocycles. The second-order valence-corrected chi connectivity index (χ2v) is 14.3. The zero-order chi connectivity index (χ0) is 42.9. The van der Waals surface area contributed by atoms with E-state index in [1.54, 1.807) is 18.2 Å². The van der Waals surface area contributed by atoms with Gasteiger partial charge in [0, 0.05) is 0 Å². The molecule has 8 aromatic rings. The van der Waals surface area contributed by atoms with E-state index in [-0.39, 0.29) is 23.6 Å². The van der Waals surface area contributed by atoms with Crippen LogP contribution >= 0.6 is 0 Å². The van der Waals surface area contributed by atoms with Crippen LogP contribution in [0.4, 0.5) is 0 Å². The lowest BCUT2D eigenvalue weighted by atomic mass is 10.1. The number of imidazole rings is 2. The molecule has 0 aliphatic heterocycles. The first-order chi connectivity index (χ1) is 29.5. The molecule has 0 bridgehead atoms. The molecule has 61 heavy (non-hydrogen) atoms. The number of methoxy groups -OCH3 is 1. The van der Waals surface area contributed by atoms with Gasteiger partial charge in [-0.2, -0.15) is 0 Å². The van der Waals surface area contributed by atoms with Crippen LogP contribution in [0.15, 0.2) is 121 Å². The number of benzene rings is 4. The highest BCUT2D eigenvalue weighted by atomic mass is 16.5. The number of pyridine rings is 2. The van der Waals surface area contributed by atoms with E-state index >= 15 is 0 Å². The summed E-state index contributed by atoms with van der Waals surface area (Å²) in [4.78, 5) is 46.9. The fourth-order valence-electron chi connectivity index (χ4n) is 6.14. The van der Waals surface area contributed by atoms with E-state index in [4.69, 9.17) is 28.8 Å². The first kappa shape index (κ1) is 41.4. The summed E-state index contributed by atoms with van der Waals surface area (Å²) >= 11 is 0. The van der Waals surface area contributed by atoms with E-state index in [0.29, 0.717) is 75.8 Å². The van der Waals surface area contributed by atoms with E-state index < -0.39 is 11.9 Å². The highest BCUT2D eigenvalue weighted by Crippen LogP contribution is 2.35. The topological polar surface area (TPSA) is 184 Å². The number of hydrogen-bond donors (Lipinski definition) is 3. The molecule has 14 heteroatoms. The summed E-state index contributed by atoms with van der Waals surface area (Å²) in [5, 5.41) is 9.16. The summed E-state index contributed by atoms with van der Waals surface area (Å²) in [6, 6.07) is 37.5. The van der Waals surface area contributed by atoms with Crippen molar-refractivity contribution in [2.45, 2.75) is 53.1 Å². The highest BCUT2D eigenvalue weighted by Gasteiger charge is 2.18. The normalized spacial score (nSPS) is 11.0. The highest BCUT2D eigenvalue weighted by molar-refractivity contribution is 5.90. The average Bonchev–Trinajstić information content (AvgIpc) is 3.90. The first-order valence-corrected chi connectivity index (χ1v) is 19.5. The van der Waals surface area contributed by atoms with Gasteiger partial charge in [0.25, 0.3) is 0 Å². The molecule has 310 valence electrons. The number of carboxylic acid groups (broad SMARTS) is 1. The van der Waals surface area contributed by atoms with Crippen LogP contribution in [0.5, 0.6) is 23.0 Å². The Bertz CT molecular complexity index is 2770. The first-order valence-electron chi connectivity index (χ1n) is 19.5. The molecular weight excluding hydrogens is 777 g/mol. The van der Waals surface area contributed by atoms with Crippen LogP contribution in [-0.4, -0.2) is 66.3 Å². The van der Waals surface area contributed by atoms with E-state index in [1.807, 2.05) is 125 Å². The second-order valence-electron chi connectivity index (χ2n) is 14.3. The predicted octanol–water partition coefficient (Wildman–Crippen LogP) is 9.47. The van der Waals surface area contributed by atoms with E-state index in [1.165, 1.54) is 13.2 Å². The minimum atomic E-state index is -1.10. The molecule has 0 aliphatic rings. The van der Waals surface area contributed by atoms with Crippen LogP contribution in [0.25, 0.3) is 45.1 Å². The summed E-state index contributed by atoms with van der Waals surface area (Å²) in [5.74, 6) is 2.19. The van der Waals surface area contributed by atoms with Crippen molar-refractivity contribution in [2.24, 2.45) is 0 Å². The van der Waals surface area contributed by atoms with Crippen molar-refractivity contribution >= 4 is 34.3 Å². The zero-order valence-electron chi connectivity index (χ0n) is 34.2. The number of ether oxygens (including phenoxy) is 5. The SMILES string of the molecule is CC(C)Oc1ccc(OCc2ccccc2)cc1-c1nc2nc(C(=O)O)ccc2[nH]1.COC(=O)c1ccc2[nH]c(-c3cc(OCc4ccccc4)ccc3OC(C)C)nc2n1. The Kier molecular flexibility index (Phi) is 12.8. The molecule has 0 spiro atoms. The number of carboxylic acids is 1. The van der Waals surface area contributed by atoms with Gasteiger partial charge in [0.1, 0.15) is 47.9 Å². The molecule has 0 unspecified atom stereocenters. The van der Waals surface area contributed by atoms with Crippen molar-refractivity contribution in [1.29, 1.82) is 0 Å². The largest absolute Gasteiger partial charge is 0.490 e. The van der Waals surface area contributed by atoms with Crippen LogP contribution < -0.4 is 18.9 Å². The number of fused-ring (bicyclic) bond motifs is 2. The number of esters is 1. The van der Waals surface area contributed by atoms with Crippen molar-refractivity contribution in [3.8, 4) is 45.8 Å². The third-order valence-electron chi connectivity index (χ3n) is 8.94. The molecule has 0 radical (unpaired) electrons. The maximum absolute atomic E-state index is 11.8. The summed E-state index contributed by atoms with van der Waals surface area (Å²) < 4.78 is 28.6. The fraction of sp³-hybridized carbons (Fsp3) is 0.191. The van der Waals surface area contributed by atoms with Gasteiger partial charge in [-0.05, 0) is 99.5 Å². The molecule has 0 saturated heterocycles. The minimum absolute atomic E-state index is 0.0109. The third-order valence-corrected chi connectivity index (χ3v) is 8.94. The molecule has 14 nitrogen and oxygen atoms in total. The van der Waals surface area contributed by atoms with E-state index in [9.17, 15) is 9.59 Å². The lowest BCUT2D eigenvalue weighted by molar-refractivity contribution is 0.0593. The molecular formula is C47H44N6O8. The van der Waals surface area contributed by atoms with Gasteiger partial charge in [0.15, 0.2) is 22.7 Å².